The highest BCUT2D eigenvalue weighted by molar-refractivity contribution is 6.31. The van der Waals surface area contributed by atoms with Crippen LogP contribution in [0.3, 0.4) is 0 Å². The molecule has 4 rings (SSSR count). The number of hydrogen-bond acceptors (Lipinski definition) is 8. The molecule has 2 heterocycles. The van der Waals surface area contributed by atoms with Crippen molar-refractivity contribution in [3.63, 3.8) is 0 Å². The van der Waals surface area contributed by atoms with Crippen molar-refractivity contribution in [2.45, 2.75) is 18.4 Å². The van der Waals surface area contributed by atoms with E-state index in [1.165, 1.54) is 12.1 Å². The largest absolute Gasteiger partial charge is 0.424 e. The molecule has 8 nitrogen and oxygen atoms in total. The highest BCUT2D eigenvalue weighted by atomic mass is 35.5. The van der Waals surface area contributed by atoms with Gasteiger partial charge in [0.25, 0.3) is 11.9 Å². The number of aldehydes is 1. The Hall–Kier alpha value is -3.44. The Morgan fingerprint density at radius 1 is 1.29 bits per heavy atom. The summed E-state index contributed by atoms with van der Waals surface area (Å²) in [6.07, 6.45) is 2.25. The molecule has 1 aliphatic rings. The Morgan fingerprint density at radius 2 is 2.00 bits per heavy atom. The Kier molecular flexibility index (Phi) is 9.58. The molecule has 0 unspecified atom stereocenters. The molecule has 1 aliphatic heterocycles. The van der Waals surface area contributed by atoms with Crippen molar-refractivity contribution in [3.05, 3.63) is 52.8 Å². The maximum Gasteiger partial charge on any atom is 0.295 e. The zero-order valence-corrected chi connectivity index (χ0v) is 19.0. The lowest BCUT2D eigenvalue weighted by molar-refractivity contribution is -0.0240. The number of benzene rings is 2. The third-order valence-corrected chi connectivity index (χ3v) is 5.11. The summed E-state index contributed by atoms with van der Waals surface area (Å²) in [5, 5.41) is 15.6. The zero-order valence-electron chi connectivity index (χ0n) is 18.2. The van der Waals surface area contributed by atoms with Gasteiger partial charge in [-0.05, 0) is 43.4 Å². The van der Waals surface area contributed by atoms with Gasteiger partial charge in [-0.1, -0.05) is 11.6 Å². The Morgan fingerprint density at radius 3 is 2.56 bits per heavy atom. The standard InChI is InChI=1S/C13H14ClF2N3O.C7H6FNO.C2H4N2/c1-19-5-4-13(15,16)11(19)7-17-12-18-9-6-8(14)2-3-10(9)20-12;8-6-1-2-7(9)5(3-6)4-10;3-1-2-4/h2-3,6,11H,4-5,7H2,1H3,(H,17,18);1-4H,9H2;1-4H/t11-;;/m1../s1. The van der Waals surface area contributed by atoms with E-state index in [2.05, 4.69) is 10.3 Å². The first-order valence-electron chi connectivity index (χ1n) is 9.99. The number of nitrogens with one attached hydrogen (secondary N) is 3. The minimum absolute atomic E-state index is 0.0874. The summed E-state index contributed by atoms with van der Waals surface area (Å²) in [5.41, 5.74) is 6.97. The topological polar surface area (TPSA) is 132 Å². The molecule has 1 atom stereocenters. The summed E-state index contributed by atoms with van der Waals surface area (Å²) in [6, 6.07) is 8.12. The van der Waals surface area contributed by atoms with Gasteiger partial charge in [0.15, 0.2) is 11.9 Å². The highest BCUT2D eigenvalue weighted by Gasteiger charge is 2.47. The quantitative estimate of drug-likeness (QED) is 0.229. The van der Waals surface area contributed by atoms with Crippen LogP contribution in [0.15, 0.2) is 40.8 Å². The fourth-order valence-corrected chi connectivity index (χ4v) is 3.25. The van der Waals surface area contributed by atoms with Gasteiger partial charge in [0.05, 0.1) is 6.04 Å². The highest BCUT2D eigenvalue weighted by Crippen LogP contribution is 2.33. The number of anilines is 2. The second-order valence-corrected chi connectivity index (χ2v) is 7.68. The molecule has 0 radical (unpaired) electrons. The first-order chi connectivity index (χ1) is 16.1. The first-order valence-corrected chi connectivity index (χ1v) is 10.4. The minimum atomic E-state index is -2.68. The van der Waals surface area contributed by atoms with Crippen molar-refractivity contribution in [2.75, 3.05) is 31.2 Å². The smallest absolute Gasteiger partial charge is 0.295 e. The van der Waals surface area contributed by atoms with E-state index in [9.17, 15) is 18.0 Å². The number of likely N-dealkylation sites (tertiary alicyclic amines) is 1. The van der Waals surface area contributed by atoms with Crippen LogP contribution in [0, 0.1) is 16.6 Å². The number of oxazole rings is 1. The van der Waals surface area contributed by atoms with E-state index >= 15 is 0 Å². The predicted molar refractivity (Wildman–Crippen MR) is 127 cm³/mol. The summed E-state index contributed by atoms with van der Waals surface area (Å²) in [4.78, 5) is 16.0. The molecule has 0 aliphatic carbocycles. The number of hydrogen-bond donors (Lipinski definition) is 4. The molecule has 3 aromatic rings. The monoisotopic (exact) mass is 496 g/mol. The number of carbonyl (C=O) groups is 1. The molecule has 1 saturated heterocycles. The van der Waals surface area contributed by atoms with Crippen LogP contribution in [-0.2, 0) is 0 Å². The van der Waals surface area contributed by atoms with Gasteiger partial charge in [0.1, 0.15) is 11.3 Å². The summed E-state index contributed by atoms with van der Waals surface area (Å²) in [5.74, 6) is -3.13. The van der Waals surface area contributed by atoms with E-state index in [1.807, 2.05) is 0 Å². The van der Waals surface area contributed by atoms with E-state index in [4.69, 9.17) is 32.6 Å². The SMILES string of the molecule is CN1CCC(F)(F)[C@H]1CNc1nc2cc(Cl)ccc2o1.N=CC=N.Nc1ccc(F)cc1C=O. The number of carbonyl (C=O) groups excluding carboxylic acids is 1. The van der Waals surface area contributed by atoms with Crippen molar-refractivity contribution in [1.82, 2.24) is 9.88 Å². The molecule has 5 N–H and O–H groups in total. The number of aromatic nitrogens is 1. The number of halogens is 4. The number of fused-ring (bicyclic) bond motifs is 1. The fourth-order valence-electron chi connectivity index (χ4n) is 3.08. The van der Waals surface area contributed by atoms with Crippen molar-refractivity contribution < 1.29 is 22.4 Å². The number of likely N-dealkylation sites (N-methyl/N-ethyl adjacent to an activating group) is 1. The van der Waals surface area contributed by atoms with Crippen molar-refractivity contribution in [3.8, 4) is 0 Å². The lowest BCUT2D eigenvalue weighted by atomic mass is 10.1. The van der Waals surface area contributed by atoms with Crippen LogP contribution < -0.4 is 11.1 Å². The molecule has 0 saturated carbocycles. The minimum Gasteiger partial charge on any atom is -0.424 e. The Labute approximate surface area is 198 Å². The second-order valence-electron chi connectivity index (χ2n) is 7.24. The van der Waals surface area contributed by atoms with E-state index in [1.54, 1.807) is 30.1 Å². The number of nitrogens with zero attached hydrogens (tertiary/aromatic N) is 2. The maximum absolute atomic E-state index is 13.7. The zero-order chi connectivity index (χ0) is 25.3. The van der Waals surface area contributed by atoms with Gasteiger partial charge < -0.3 is 26.3 Å². The van der Waals surface area contributed by atoms with Crippen LogP contribution in [0.4, 0.5) is 24.9 Å². The van der Waals surface area contributed by atoms with E-state index in [0.717, 1.165) is 18.5 Å². The van der Waals surface area contributed by atoms with Crippen LogP contribution in [0.2, 0.25) is 5.02 Å². The van der Waals surface area contributed by atoms with E-state index in [-0.39, 0.29) is 24.5 Å². The second kappa shape index (κ2) is 12.1. The summed E-state index contributed by atoms with van der Waals surface area (Å²) in [7, 11) is 1.69. The number of alkyl halides is 2. The molecule has 12 heteroatoms. The van der Waals surface area contributed by atoms with Gasteiger partial charge in [-0.3, -0.25) is 9.69 Å². The van der Waals surface area contributed by atoms with Gasteiger partial charge >= 0.3 is 0 Å². The summed E-state index contributed by atoms with van der Waals surface area (Å²) in [6.45, 7) is 0.479. The van der Waals surface area contributed by atoms with Crippen LogP contribution in [0.25, 0.3) is 11.1 Å². The van der Waals surface area contributed by atoms with Gasteiger partial charge in [-0.2, -0.15) is 4.98 Å². The third-order valence-electron chi connectivity index (χ3n) is 4.87. The van der Waals surface area contributed by atoms with E-state index in [0.29, 0.717) is 34.6 Å². The lowest BCUT2D eigenvalue weighted by Gasteiger charge is -2.24. The normalized spacial score (nSPS) is 16.6. The molecule has 0 bridgehead atoms. The molecule has 1 aromatic heterocycles. The predicted octanol–water partition coefficient (Wildman–Crippen LogP) is 4.74. The fraction of sp³-hybridized carbons (Fsp3) is 0.273. The lowest BCUT2D eigenvalue weighted by Crippen LogP contribution is -2.42. The molecule has 0 spiro atoms. The van der Waals surface area contributed by atoms with Crippen molar-refractivity contribution in [1.29, 1.82) is 10.8 Å². The molecule has 1 fully saturated rings. The third kappa shape index (κ3) is 7.29. The van der Waals surface area contributed by atoms with E-state index < -0.39 is 17.8 Å². The molecule has 182 valence electrons. The number of rotatable bonds is 5. The molecule has 2 aromatic carbocycles. The number of nitrogens with two attached hydrogens (primary N) is 1. The van der Waals surface area contributed by atoms with Gasteiger partial charge in [0.2, 0.25) is 0 Å². The molecule has 0 amide bonds. The Balaban J connectivity index is 0.000000244. The Bertz CT molecular complexity index is 1140. The maximum atomic E-state index is 13.7. The van der Waals surface area contributed by atoms with Crippen LogP contribution in [-0.4, -0.2) is 60.7 Å². The van der Waals surface area contributed by atoms with Gasteiger partial charge in [0, 0.05) is 48.2 Å². The average molecular weight is 497 g/mol. The average Bonchev–Trinajstić information content (AvgIpc) is 3.33. The van der Waals surface area contributed by atoms with Gasteiger partial charge in [-0.25, -0.2) is 13.2 Å². The van der Waals surface area contributed by atoms with Crippen LogP contribution >= 0.6 is 11.6 Å². The van der Waals surface area contributed by atoms with Crippen molar-refractivity contribution in [2.24, 2.45) is 0 Å². The van der Waals surface area contributed by atoms with Crippen LogP contribution in [0.5, 0.6) is 0 Å². The summed E-state index contributed by atoms with van der Waals surface area (Å²) < 4.78 is 45.1. The molecular weight excluding hydrogens is 473 g/mol. The van der Waals surface area contributed by atoms with Gasteiger partial charge in [-0.15, -0.1) is 0 Å². The van der Waals surface area contributed by atoms with Crippen LogP contribution in [0.1, 0.15) is 16.8 Å². The number of nitrogen functional groups attached to an aromatic ring is 1. The molecular formula is C22H24ClF3N6O2. The first kappa shape index (κ1) is 26.8. The molecule has 34 heavy (non-hydrogen) atoms. The summed E-state index contributed by atoms with van der Waals surface area (Å²) >= 11 is 5.86. The van der Waals surface area contributed by atoms with Crippen molar-refractivity contribution >= 4 is 53.1 Å².